The van der Waals surface area contributed by atoms with Gasteiger partial charge in [0.15, 0.2) is 10.8 Å². The largest absolute Gasteiger partial charge is 0.345 e. The molecule has 0 radical (unpaired) electrons. The van der Waals surface area contributed by atoms with Crippen LogP contribution in [0.25, 0.3) is 10.3 Å². The minimum absolute atomic E-state index is 0.124. The number of nitrogens with one attached hydrogen (secondary N) is 1. The van der Waals surface area contributed by atoms with Crippen molar-refractivity contribution >= 4 is 32.7 Å². The molecule has 0 unspecified atom stereocenters. The summed E-state index contributed by atoms with van der Waals surface area (Å²) in [6.07, 6.45) is 3.91. The van der Waals surface area contributed by atoms with E-state index in [4.69, 9.17) is 4.98 Å². The van der Waals surface area contributed by atoms with Crippen LogP contribution in [0.1, 0.15) is 42.5 Å². The molecule has 1 amide bonds. The van der Waals surface area contributed by atoms with Crippen LogP contribution in [0.3, 0.4) is 0 Å². The fourth-order valence-electron chi connectivity index (χ4n) is 4.11. The highest BCUT2D eigenvalue weighted by molar-refractivity contribution is 7.22. The lowest BCUT2D eigenvalue weighted by atomic mass is 10.0. The van der Waals surface area contributed by atoms with Crippen LogP contribution in [-0.2, 0) is 10.3 Å². The highest BCUT2D eigenvalue weighted by Gasteiger charge is 2.47. The summed E-state index contributed by atoms with van der Waals surface area (Å²) in [5, 5.41) is 4.27. The molecule has 3 heterocycles. The number of carbonyl (C=O) groups is 1. The zero-order valence-corrected chi connectivity index (χ0v) is 17.1. The Morgan fingerprint density at radius 2 is 2.00 bits per heavy atom. The average Bonchev–Trinajstić information content (AvgIpc) is 3.13. The van der Waals surface area contributed by atoms with Gasteiger partial charge in [-0.3, -0.25) is 4.79 Å². The molecule has 28 heavy (non-hydrogen) atoms. The summed E-state index contributed by atoms with van der Waals surface area (Å²) in [6, 6.07) is 12.3. The number of benzene rings is 1. The molecule has 1 aliphatic carbocycles. The van der Waals surface area contributed by atoms with Gasteiger partial charge in [-0.05, 0) is 56.7 Å². The zero-order valence-electron chi connectivity index (χ0n) is 16.2. The second-order valence-electron chi connectivity index (χ2n) is 8.00. The summed E-state index contributed by atoms with van der Waals surface area (Å²) in [5.41, 5.74) is 4.02. The molecule has 1 N–H and O–H groups in total. The fraction of sp³-hybridized carbons (Fsp3) is 0.409. The first kappa shape index (κ1) is 17.6. The van der Waals surface area contributed by atoms with E-state index < -0.39 is 0 Å². The van der Waals surface area contributed by atoms with Crippen molar-refractivity contribution in [3.63, 3.8) is 0 Å². The molecule has 6 heteroatoms. The maximum atomic E-state index is 13.2. The van der Waals surface area contributed by atoms with Crippen LogP contribution in [0, 0.1) is 13.8 Å². The minimum atomic E-state index is -0.171. The molecule has 0 spiro atoms. The Morgan fingerprint density at radius 1 is 1.21 bits per heavy atom. The number of rotatable bonds is 4. The van der Waals surface area contributed by atoms with Gasteiger partial charge in [0.25, 0.3) is 0 Å². The Labute approximate surface area is 168 Å². The third-order valence-corrected chi connectivity index (χ3v) is 7.08. The van der Waals surface area contributed by atoms with Gasteiger partial charge in [-0.1, -0.05) is 41.7 Å². The Hall–Kier alpha value is -2.47. The molecule has 2 aliphatic rings. The third kappa shape index (κ3) is 2.96. The van der Waals surface area contributed by atoms with Gasteiger partial charge in [0.05, 0.1) is 10.2 Å². The molecule has 144 valence electrons. The van der Waals surface area contributed by atoms with E-state index in [9.17, 15) is 4.79 Å². The summed E-state index contributed by atoms with van der Waals surface area (Å²) >= 11 is 1.64. The SMILES string of the molecule is Cc1cc2sc(N3CCC[C@@H]3C(=O)NC3(c4ccccc4)CC3)nc2nc1C. The predicted molar refractivity (Wildman–Crippen MR) is 113 cm³/mol. The number of thiazole rings is 1. The Morgan fingerprint density at radius 3 is 2.75 bits per heavy atom. The lowest BCUT2D eigenvalue weighted by Crippen LogP contribution is -2.47. The summed E-state index contributed by atoms with van der Waals surface area (Å²) in [5.74, 6) is 0.124. The minimum Gasteiger partial charge on any atom is -0.345 e. The van der Waals surface area contributed by atoms with Gasteiger partial charge in [-0.2, -0.15) is 4.98 Å². The molecule has 1 saturated heterocycles. The topological polar surface area (TPSA) is 58.1 Å². The smallest absolute Gasteiger partial charge is 0.243 e. The maximum absolute atomic E-state index is 13.2. The van der Waals surface area contributed by atoms with Crippen LogP contribution in [0.4, 0.5) is 5.13 Å². The number of aromatic nitrogens is 2. The van der Waals surface area contributed by atoms with E-state index in [2.05, 4.69) is 40.3 Å². The third-order valence-electron chi connectivity index (χ3n) is 6.06. The van der Waals surface area contributed by atoms with Crippen LogP contribution < -0.4 is 10.2 Å². The molecule has 5 rings (SSSR count). The molecule has 1 saturated carbocycles. The highest BCUT2D eigenvalue weighted by Crippen LogP contribution is 2.46. The molecule has 2 aromatic heterocycles. The number of amides is 1. The molecule has 2 fully saturated rings. The summed E-state index contributed by atoms with van der Waals surface area (Å²) in [6.45, 7) is 4.96. The molecule has 1 aliphatic heterocycles. The van der Waals surface area contributed by atoms with E-state index in [1.165, 1.54) is 11.1 Å². The van der Waals surface area contributed by atoms with Crippen molar-refractivity contribution in [3.05, 3.63) is 53.2 Å². The van der Waals surface area contributed by atoms with E-state index in [1.54, 1.807) is 11.3 Å². The van der Waals surface area contributed by atoms with Gasteiger partial charge in [0.1, 0.15) is 6.04 Å². The number of pyridine rings is 1. The summed E-state index contributed by atoms with van der Waals surface area (Å²) in [7, 11) is 0. The molecule has 1 atom stereocenters. The first-order valence-corrected chi connectivity index (χ1v) is 10.8. The molecule has 3 aromatic rings. The van der Waals surface area contributed by atoms with E-state index in [1.807, 2.05) is 25.1 Å². The Kier molecular flexibility index (Phi) is 4.12. The molecular formula is C22H24N4OS. The molecular weight excluding hydrogens is 368 g/mol. The van der Waals surface area contributed by atoms with Crippen molar-refractivity contribution in [2.24, 2.45) is 0 Å². The van der Waals surface area contributed by atoms with Crippen LogP contribution in [0.15, 0.2) is 36.4 Å². The lowest BCUT2D eigenvalue weighted by Gasteiger charge is -2.26. The normalized spacial score (nSPS) is 20.5. The highest BCUT2D eigenvalue weighted by atomic mass is 32.1. The van der Waals surface area contributed by atoms with E-state index in [0.717, 1.165) is 53.4 Å². The van der Waals surface area contributed by atoms with Crippen molar-refractivity contribution in [2.45, 2.75) is 51.1 Å². The quantitative estimate of drug-likeness (QED) is 0.727. The number of aryl methyl sites for hydroxylation is 2. The van der Waals surface area contributed by atoms with Crippen LogP contribution in [0.2, 0.25) is 0 Å². The number of anilines is 1. The monoisotopic (exact) mass is 392 g/mol. The van der Waals surface area contributed by atoms with Crippen LogP contribution in [0.5, 0.6) is 0 Å². The van der Waals surface area contributed by atoms with Gasteiger partial charge < -0.3 is 10.2 Å². The number of hydrogen-bond donors (Lipinski definition) is 1. The maximum Gasteiger partial charge on any atom is 0.243 e. The second-order valence-corrected chi connectivity index (χ2v) is 9.01. The summed E-state index contributed by atoms with van der Waals surface area (Å²) in [4.78, 5) is 24.7. The van der Waals surface area contributed by atoms with Crippen molar-refractivity contribution in [2.75, 3.05) is 11.4 Å². The van der Waals surface area contributed by atoms with Crippen molar-refractivity contribution in [1.82, 2.24) is 15.3 Å². The van der Waals surface area contributed by atoms with Crippen LogP contribution in [-0.4, -0.2) is 28.5 Å². The fourth-order valence-corrected chi connectivity index (χ4v) is 5.20. The predicted octanol–water partition coefficient (Wildman–Crippen LogP) is 4.08. The standard InChI is InChI=1S/C22H24N4OS/c1-14-13-18-19(23-15(14)2)24-21(28-18)26-12-6-9-17(26)20(27)25-22(10-11-22)16-7-4-3-5-8-16/h3-5,7-8,13,17H,6,9-12H2,1-2H3,(H,25,27)/t17-/m1/s1. The van der Waals surface area contributed by atoms with Gasteiger partial charge >= 0.3 is 0 Å². The number of carbonyl (C=O) groups excluding carboxylic acids is 1. The van der Waals surface area contributed by atoms with E-state index in [0.29, 0.717) is 0 Å². The van der Waals surface area contributed by atoms with Crippen LogP contribution >= 0.6 is 11.3 Å². The lowest BCUT2D eigenvalue weighted by molar-refractivity contribution is -0.123. The van der Waals surface area contributed by atoms with Gasteiger partial charge in [0.2, 0.25) is 5.91 Å². The zero-order chi connectivity index (χ0) is 19.3. The Balaban J connectivity index is 1.39. The van der Waals surface area contributed by atoms with Crippen molar-refractivity contribution in [1.29, 1.82) is 0 Å². The van der Waals surface area contributed by atoms with Crippen molar-refractivity contribution in [3.8, 4) is 0 Å². The van der Waals surface area contributed by atoms with Gasteiger partial charge in [-0.25, -0.2) is 4.98 Å². The molecule has 1 aromatic carbocycles. The molecule has 0 bridgehead atoms. The average molecular weight is 393 g/mol. The first-order valence-electron chi connectivity index (χ1n) is 9.95. The van der Waals surface area contributed by atoms with Gasteiger partial charge in [-0.15, -0.1) is 0 Å². The Bertz CT molecular complexity index is 1000. The van der Waals surface area contributed by atoms with E-state index in [-0.39, 0.29) is 17.5 Å². The van der Waals surface area contributed by atoms with E-state index >= 15 is 0 Å². The molecule has 5 nitrogen and oxygen atoms in total. The number of nitrogens with zero attached hydrogens (tertiary/aromatic N) is 3. The van der Waals surface area contributed by atoms with Crippen molar-refractivity contribution < 1.29 is 4.79 Å². The number of fused-ring (bicyclic) bond motifs is 1. The summed E-state index contributed by atoms with van der Waals surface area (Å²) < 4.78 is 1.09. The van der Waals surface area contributed by atoms with Gasteiger partial charge in [0, 0.05) is 12.2 Å². The second kappa shape index (κ2) is 6.55. The number of hydrogen-bond acceptors (Lipinski definition) is 5. The first-order chi connectivity index (χ1) is 13.6.